The predicted molar refractivity (Wildman–Crippen MR) is 91.4 cm³/mol. The van der Waals surface area contributed by atoms with Gasteiger partial charge in [-0.05, 0) is 24.0 Å². The molecule has 0 heterocycles. The summed E-state index contributed by atoms with van der Waals surface area (Å²) in [5, 5.41) is 2.40. The van der Waals surface area contributed by atoms with Crippen LogP contribution in [0.1, 0.15) is 30.9 Å². The summed E-state index contributed by atoms with van der Waals surface area (Å²) in [5.41, 5.74) is 2.10. The Kier molecular flexibility index (Phi) is 8.54. The molecule has 0 aliphatic heterocycles. The highest BCUT2D eigenvalue weighted by atomic mass is 16.5. The van der Waals surface area contributed by atoms with Gasteiger partial charge in [-0.2, -0.15) is 0 Å². The largest absolute Gasteiger partial charge is 0.455 e. The second-order valence-electron chi connectivity index (χ2n) is 5.82. The first-order valence-electron chi connectivity index (χ1n) is 8.12. The van der Waals surface area contributed by atoms with Gasteiger partial charge in [-0.15, -0.1) is 0 Å². The number of likely N-dealkylation sites (N-methyl/N-ethyl adjacent to an activating group) is 1. The van der Waals surface area contributed by atoms with Crippen molar-refractivity contribution in [3.63, 3.8) is 0 Å². The van der Waals surface area contributed by atoms with E-state index in [9.17, 15) is 14.4 Å². The van der Waals surface area contributed by atoms with E-state index in [0.717, 1.165) is 24.8 Å². The standard InChI is InChI=1S/C18H26N2O4/c1-4-5-6-14-7-9-15(10-8-14)11-18(23)24-13-16(21)19-12-17(22)20(2)3/h7-10H,4-6,11-13H2,1-3H3,(H,19,21). The first-order valence-corrected chi connectivity index (χ1v) is 8.12. The van der Waals surface area contributed by atoms with Crippen LogP contribution in [0, 0.1) is 0 Å². The number of rotatable bonds is 9. The van der Waals surface area contributed by atoms with E-state index in [0.29, 0.717) is 0 Å². The first kappa shape index (κ1) is 19.7. The van der Waals surface area contributed by atoms with E-state index in [2.05, 4.69) is 12.2 Å². The maximum atomic E-state index is 11.7. The van der Waals surface area contributed by atoms with Crippen molar-refractivity contribution in [2.45, 2.75) is 32.6 Å². The number of hydrogen-bond acceptors (Lipinski definition) is 4. The molecule has 1 N–H and O–H groups in total. The summed E-state index contributed by atoms with van der Waals surface area (Å²) in [5.74, 6) is -1.18. The minimum Gasteiger partial charge on any atom is -0.455 e. The van der Waals surface area contributed by atoms with E-state index in [-0.39, 0.29) is 25.5 Å². The van der Waals surface area contributed by atoms with Crippen LogP contribution in [0.4, 0.5) is 0 Å². The van der Waals surface area contributed by atoms with Crippen molar-refractivity contribution in [2.75, 3.05) is 27.2 Å². The molecule has 1 aromatic carbocycles. The number of nitrogens with one attached hydrogen (secondary N) is 1. The van der Waals surface area contributed by atoms with E-state index in [1.807, 2.05) is 24.3 Å². The summed E-state index contributed by atoms with van der Waals surface area (Å²) in [6.45, 7) is 1.66. The third-order valence-electron chi connectivity index (χ3n) is 3.49. The van der Waals surface area contributed by atoms with Crippen molar-refractivity contribution in [3.8, 4) is 0 Å². The van der Waals surface area contributed by atoms with Crippen molar-refractivity contribution < 1.29 is 19.1 Å². The molecule has 0 unspecified atom stereocenters. The second kappa shape index (κ2) is 10.4. The van der Waals surface area contributed by atoms with Crippen LogP contribution in [-0.4, -0.2) is 49.9 Å². The Morgan fingerprint density at radius 1 is 1.08 bits per heavy atom. The summed E-state index contributed by atoms with van der Waals surface area (Å²) in [7, 11) is 3.20. The minimum atomic E-state index is -0.492. The zero-order valence-electron chi connectivity index (χ0n) is 14.6. The fourth-order valence-electron chi connectivity index (χ4n) is 1.95. The lowest BCUT2D eigenvalue weighted by Gasteiger charge is -2.11. The zero-order valence-corrected chi connectivity index (χ0v) is 14.6. The maximum Gasteiger partial charge on any atom is 0.310 e. The average molecular weight is 334 g/mol. The molecule has 0 atom stereocenters. The van der Waals surface area contributed by atoms with Crippen molar-refractivity contribution in [1.82, 2.24) is 10.2 Å². The van der Waals surface area contributed by atoms with Crippen LogP contribution in [0.15, 0.2) is 24.3 Å². The fraction of sp³-hybridized carbons (Fsp3) is 0.500. The minimum absolute atomic E-state index is 0.109. The molecule has 132 valence electrons. The third-order valence-corrected chi connectivity index (χ3v) is 3.49. The number of amides is 2. The molecule has 1 rings (SSSR count). The van der Waals surface area contributed by atoms with Gasteiger partial charge in [0.1, 0.15) is 0 Å². The number of aryl methyl sites for hydroxylation is 1. The Morgan fingerprint density at radius 2 is 1.71 bits per heavy atom. The van der Waals surface area contributed by atoms with Crippen LogP contribution < -0.4 is 5.32 Å². The number of unbranched alkanes of at least 4 members (excludes halogenated alkanes) is 1. The van der Waals surface area contributed by atoms with Gasteiger partial charge in [0.25, 0.3) is 5.91 Å². The SMILES string of the molecule is CCCCc1ccc(CC(=O)OCC(=O)NCC(=O)N(C)C)cc1. The van der Waals surface area contributed by atoms with Crippen molar-refractivity contribution in [1.29, 1.82) is 0 Å². The summed E-state index contributed by atoms with van der Waals surface area (Å²) >= 11 is 0. The third kappa shape index (κ3) is 7.76. The van der Waals surface area contributed by atoms with E-state index >= 15 is 0 Å². The zero-order chi connectivity index (χ0) is 17.9. The summed E-state index contributed by atoms with van der Waals surface area (Å²) in [6, 6.07) is 7.83. The molecule has 0 saturated heterocycles. The Hall–Kier alpha value is -2.37. The first-order chi connectivity index (χ1) is 11.4. The van der Waals surface area contributed by atoms with Crippen molar-refractivity contribution in [3.05, 3.63) is 35.4 Å². The van der Waals surface area contributed by atoms with Gasteiger partial charge in [-0.25, -0.2) is 0 Å². The number of nitrogens with zero attached hydrogens (tertiary/aromatic N) is 1. The van der Waals surface area contributed by atoms with Gasteiger partial charge in [-0.1, -0.05) is 37.6 Å². The van der Waals surface area contributed by atoms with Crippen LogP contribution in [0.25, 0.3) is 0 Å². The molecule has 6 nitrogen and oxygen atoms in total. The molecule has 0 saturated carbocycles. The smallest absolute Gasteiger partial charge is 0.310 e. The van der Waals surface area contributed by atoms with Crippen molar-refractivity contribution >= 4 is 17.8 Å². The molecule has 0 fully saturated rings. The summed E-state index contributed by atoms with van der Waals surface area (Å²) in [6.07, 6.45) is 3.45. The Labute approximate surface area is 143 Å². The topological polar surface area (TPSA) is 75.7 Å². The molecule has 0 aromatic heterocycles. The number of ether oxygens (including phenoxy) is 1. The summed E-state index contributed by atoms with van der Waals surface area (Å²) < 4.78 is 4.92. The number of carbonyl (C=O) groups excluding carboxylic acids is 3. The monoisotopic (exact) mass is 334 g/mol. The molecule has 0 aliphatic rings. The van der Waals surface area contributed by atoms with Crippen LogP contribution in [0.3, 0.4) is 0 Å². The van der Waals surface area contributed by atoms with Crippen molar-refractivity contribution in [2.24, 2.45) is 0 Å². The predicted octanol–water partition coefficient (Wildman–Crippen LogP) is 1.32. The van der Waals surface area contributed by atoms with Crippen LogP contribution in [0.5, 0.6) is 0 Å². The highest BCUT2D eigenvalue weighted by molar-refractivity contribution is 5.86. The molecule has 6 heteroatoms. The Bertz CT molecular complexity index is 553. The fourth-order valence-corrected chi connectivity index (χ4v) is 1.95. The number of benzene rings is 1. The van der Waals surface area contributed by atoms with Gasteiger partial charge in [0.2, 0.25) is 5.91 Å². The molecule has 1 aromatic rings. The molecular formula is C18H26N2O4. The Morgan fingerprint density at radius 3 is 2.29 bits per heavy atom. The lowest BCUT2D eigenvalue weighted by molar-refractivity contribution is -0.148. The van der Waals surface area contributed by atoms with E-state index in [1.165, 1.54) is 10.5 Å². The quantitative estimate of drug-likeness (QED) is 0.691. The van der Waals surface area contributed by atoms with Gasteiger partial charge in [0.05, 0.1) is 13.0 Å². The lowest BCUT2D eigenvalue weighted by atomic mass is 10.1. The van der Waals surface area contributed by atoms with Gasteiger partial charge >= 0.3 is 5.97 Å². The van der Waals surface area contributed by atoms with E-state index in [4.69, 9.17) is 4.74 Å². The van der Waals surface area contributed by atoms with E-state index in [1.54, 1.807) is 14.1 Å². The normalized spacial score (nSPS) is 10.1. The van der Waals surface area contributed by atoms with Gasteiger partial charge in [0.15, 0.2) is 6.61 Å². The number of esters is 1. The lowest BCUT2D eigenvalue weighted by Crippen LogP contribution is -2.38. The molecule has 0 spiro atoms. The molecule has 0 bridgehead atoms. The van der Waals surface area contributed by atoms with Gasteiger partial charge < -0.3 is 15.0 Å². The van der Waals surface area contributed by atoms with Crippen LogP contribution in [-0.2, 0) is 32.0 Å². The Balaban J connectivity index is 2.30. The second-order valence-corrected chi connectivity index (χ2v) is 5.82. The van der Waals surface area contributed by atoms with E-state index < -0.39 is 11.9 Å². The highest BCUT2D eigenvalue weighted by Gasteiger charge is 2.10. The molecule has 0 radical (unpaired) electrons. The molecule has 0 aliphatic carbocycles. The van der Waals surface area contributed by atoms with Gasteiger partial charge in [0, 0.05) is 14.1 Å². The maximum absolute atomic E-state index is 11.7. The van der Waals surface area contributed by atoms with Gasteiger partial charge in [-0.3, -0.25) is 14.4 Å². The van der Waals surface area contributed by atoms with Crippen LogP contribution >= 0.6 is 0 Å². The number of carbonyl (C=O) groups is 3. The number of hydrogen-bond donors (Lipinski definition) is 1. The molecular weight excluding hydrogens is 308 g/mol. The summed E-state index contributed by atoms with van der Waals surface area (Å²) in [4.78, 5) is 36.0. The van der Waals surface area contributed by atoms with Crippen LogP contribution in [0.2, 0.25) is 0 Å². The molecule has 24 heavy (non-hydrogen) atoms. The average Bonchev–Trinajstić information content (AvgIpc) is 2.57. The highest BCUT2D eigenvalue weighted by Crippen LogP contribution is 2.09. The molecule has 2 amide bonds.